The molecule has 1 N–H and O–H groups in total. The van der Waals surface area contributed by atoms with Crippen LogP contribution in [0.1, 0.15) is 40.5 Å². The van der Waals surface area contributed by atoms with Gasteiger partial charge in [-0.2, -0.15) is 11.8 Å². The van der Waals surface area contributed by atoms with Gasteiger partial charge in [0.15, 0.2) is 0 Å². The molecule has 0 aromatic carbocycles. The smallest absolute Gasteiger partial charge is 0.245 e. The highest BCUT2D eigenvalue weighted by Crippen LogP contribution is 2.24. The molecule has 19 heavy (non-hydrogen) atoms. The van der Waals surface area contributed by atoms with Gasteiger partial charge in [0.2, 0.25) is 11.8 Å². The minimum atomic E-state index is -0.363. The molecule has 0 aromatic rings. The van der Waals surface area contributed by atoms with Crippen LogP contribution in [0.4, 0.5) is 0 Å². The maximum atomic E-state index is 12.6. The maximum Gasteiger partial charge on any atom is 0.245 e. The lowest BCUT2D eigenvalue weighted by Crippen LogP contribution is -2.50. The monoisotopic (exact) mass is 286 g/mol. The number of carbonyl (C=O) groups excluding carboxylic acids is 2. The fourth-order valence-corrected chi connectivity index (χ4v) is 2.44. The molecule has 0 bridgehead atoms. The molecular formula is C14H26N2O2S. The molecule has 4 nitrogen and oxygen atoms in total. The van der Waals surface area contributed by atoms with Gasteiger partial charge < -0.3 is 10.2 Å². The molecule has 1 heterocycles. The van der Waals surface area contributed by atoms with Crippen molar-refractivity contribution in [3.8, 4) is 0 Å². The van der Waals surface area contributed by atoms with Crippen molar-refractivity contribution in [3.63, 3.8) is 0 Å². The number of nitrogens with zero attached hydrogens (tertiary/aromatic N) is 1. The first-order valence-corrected chi connectivity index (χ1v) is 8.16. The Morgan fingerprint density at radius 2 is 2.11 bits per heavy atom. The number of rotatable bonds is 5. The zero-order chi connectivity index (χ0) is 14.6. The van der Waals surface area contributed by atoms with E-state index in [1.54, 1.807) is 11.8 Å². The van der Waals surface area contributed by atoms with E-state index < -0.39 is 0 Å². The van der Waals surface area contributed by atoms with E-state index >= 15 is 0 Å². The van der Waals surface area contributed by atoms with E-state index in [2.05, 4.69) is 25.4 Å². The Hall–Kier alpha value is -0.710. The third kappa shape index (κ3) is 4.41. The van der Waals surface area contributed by atoms with Gasteiger partial charge in [0.05, 0.1) is 0 Å². The van der Waals surface area contributed by atoms with E-state index in [9.17, 15) is 9.59 Å². The molecule has 0 saturated carbocycles. The molecule has 5 heteroatoms. The first-order valence-electron chi connectivity index (χ1n) is 6.94. The van der Waals surface area contributed by atoms with Gasteiger partial charge in [0.25, 0.3) is 0 Å². The Labute approximate surface area is 120 Å². The summed E-state index contributed by atoms with van der Waals surface area (Å²) in [5.74, 6) is 0.236. The summed E-state index contributed by atoms with van der Waals surface area (Å²) in [7, 11) is 0. The Morgan fingerprint density at radius 1 is 1.47 bits per heavy atom. The van der Waals surface area contributed by atoms with Crippen LogP contribution < -0.4 is 5.32 Å². The second-order valence-corrected chi connectivity index (χ2v) is 7.42. The molecule has 1 aliphatic rings. The van der Waals surface area contributed by atoms with Gasteiger partial charge in [0, 0.05) is 24.3 Å². The van der Waals surface area contributed by atoms with Crippen molar-refractivity contribution in [2.75, 3.05) is 19.3 Å². The van der Waals surface area contributed by atoms with E-state index in [1.807, 2.05) is 18.7 Å². The van der Waals surface area contributed by atoms with Crippen LogP contribution >= 0.6 is 11.8 Å². The van der Waals surface area contributed by atoms with Crippen LogP contribution in [-0.2, 0) is 9.59 Å². The first-order chi connectivity index (χ1) is 8.80. The third-order valence-corrected chi connectivity index (χ3v) is 5.07. The van der Waals surface area contributed by atoms with Crippen molar-refractivity contribution >= 4 is 23.6 Å². The van der Waals surface area contributed by atoms with Crippen LogP contribution in [0.3, 0.4) is 0 Å². The zero-order valence-electron chi connectivity index (χ0n) is 12.7. The molecule has 2 unspecified atom stereocenters. The number of thioether (sulfide) groups is 1. The molecule has 1 saturated heterocycles. The normalized spacial score (nSPS) is 23.0. The summed E-state index contributed by atoms with van der Waals surface area (Å²) in [5.41, 5.74) is 0. The van der Waals surface area contributed by atoms with Crippen LogP contribution in [-0.4, -0.2) is 46.8 Å². The largest absolute Gasteiger partial charge is 0.344 e. The third-order valence-electron chi connectivity index (χ3n) is 3.84. The lowest BCUT2D eigenvalue weighted by Gasteiger charge is -2.33. The highest BCUT2D eigenvalue weighted by molar-refractivity contribution is 7.99. The van der Waals surface area contributed by atoms with E-state index in [0.29, 0.717) is 19.5 Å². The SMILES string of the molecule is CCC(C)C1NC(=O)CCN(CC(C)(C)SC)C1=O. The molecule has 110 valence electrons. The van der Waals surface area contributed by atoms with Gasteiger partial charge in [-0.3, -0.25) is 9.59 Å². The number of amides is 2. The Kier molecular flexibility index (Phi) is 5.71. The van der Waals surface area contributed by atoms with Crippen molar-refractivity contribution in [1.82, 2.24) is 10.2 Å². The van der Waals surface area contributed by atoms with Crippen molar-refractivity contribution < 1.29 is 9.59 Å². The van der Waals surface area contributed by atoms with Gasteiger partial charge in [-0.05, 0) is 26.0 Å². The quantitative estimate of drug-likeness (QED) is 0.839. The van der Waals surface area contributed by atoms with E-state index in [-0.39, 0.29) is 28.5 Å². The molecule has 0 aromatic heterocycles. The summed E-state index contributed by atoms with van der Waals surface area (Å²) in [6, 6.07) is -0.363. The average molecular weight is 286 g/mol. The van der Waals surface area contributed by atoms with Crippen LogP contribution in [0.25, 0.3) is 0 Å². The first kappa shape index (κ1) is 16.3. The molecule has 0 radical (unpaired) electrons. The van der Waals surface area contributed by atoms with Gasteiger partial charge in [-0.25, -0.2) is 0 Å². The Morgan fingerprint density at radius 3 is 2.63 bits per heavy atom. The summed E-state index contributed by atoms with van der Waals surface area (Å²) in [6.07, 6.45) is 3.34. The standard InChI is InChI=1S/C14H26N2O2S/c1-6-10(2)12-13(18)16(8-7-11(17)15-12)9-14(3,4)19-5/h10,12H,6-9H2,1-5H3,(H,15,17). The predicted molar refractivity (Wildman–Crippen MR) is 80.2 cm³/mol. The minimum absolute atomic E-state index is 0.0110. The summed E-state index contributed by atoms with van der Waals surface area (Å²) in [5, 5.41) is 2.88. The van der Waals surface area contributed by atoms with Crippen LogP contribution in [0, 0.1) is 5.92 Å². The van der Waals surface area contributed by atoms with E-state index in [1.165, 1.54) is 0 Å². The highest BCUT2D eigenvalue weighted by Gasteiger charge is 2.35. The minimum Gasteiger partial charge on any atom is -0.344 e. The second-order valence-electron chi connectivity index (χ2n) is 5.90. The predicted octanol–water partition coefficient (Wildman–Crippen LogP) is 1.89. The average Bonchev–Trinajstić information content (AvgIpc) is 2.51. The fraction of sp³-hybridized carbons (Fsp3) is 0.857. The van der Waals surface area contributed by atoms with Gasteiger partial charge in [-0.1, -0.05) is 20.3 Å². The van der Waals surface area contributed by atoms with E-state index in [0.717, 1.165) is 6.42 Å². The van der Waals surface area contributed by atoms with Gasteiger partial charge >= 0.3 is 0 Å². The lowest BCUT2D eigenvalue weighted by atomic mass is 9.98. The molecular weight excluding hydrogens is 260 g/mol. The topological polar surface area (TPSA) is 49.4 Å². The van der Waals surface area contributed by atoms with Crippen LogP contribution in [0.15, 0.2) is 0 Å². The second kappa shape index (κ2) is 6.64. The zero-order valence-corrected chi connectivity index (χ0v) is 13.5. The van der Waals surface area contributed by atoms with Gasteiger partial charge in [-0.15, -0.1) is 0 Å². The summed E-state index contributed by atoms with van der Waals surface area (Å²) < 4.78 is 0.0169. The Bertz CT molecular complexity index is 344. The molecule has 0 spiro atoms. The van der Waals surface area contributed by atoms with Crippen molar-refractivity contribution in [1.29, 1.82) is 0 Å². The van der Waals surface area contributed by atoms with Crippen molar-refractivity contribution in [3.05, 3.63) is 0 Å². The van der Waals surface area contributed by atoms with Gasteiger partial charge in [0.1, 0.15) is 6.04 Å². The fourth-order valence-electron chi connectivity index (χ4n) is 2.15. The molecule has 1 rings (SSSR count). The molecule has 1 fully saturated rings. The summed E-state index contributed by atoms with van der Waals surface area (Å²) >= 11 is 1.75. The van der Waals surface area contributed by atoms with Crippen LogP contribution in [0.2, 0.25) is 0 Å². The molecule has 2 amide bonds. The number of nitrogens with one attached hydrogen (secondary N) is 1. The van der Waals surface area contributed by atoms with E-state index in [4.69, 9.17) is 0 Å². The molecule has 0 aliphatic carbocycles. The summed E-state index contributed by atoms with van der Waals surface area (Å²) in [4.78, 5) is 26.2. The molecule has 2 atom stereocenters. The summed E-state index contributed by atoms with van der Waals surface area (Å²) in [6.45, 7) is 9.54. The lowest BCUT2D eigenvalue weighted by molar-refractivity contribution is -0.135. The number of carbonyl (C=O) groups is 2. The van der Waals surface area contributed by atoms with Crippen LogP contribution in [0.5, 0.6) is 0 Å². The highest BCUT2D eigenvalue weighted by atomic mass is 32.2. The number of hydrogen-bond donors (Lipinski definition) is 1. The van der Waals surface area contributed by atoms with Crippen molar-refractivity contribution in [2.45, 2.75) is 51.3 Å². The number of hydrogen-bond acceptors (Lipinski definition) is 3. The molecule has 1 aliphatic heterocycles. The maximum absolute atomic E-state index is 12.6. The van der Waals surface area contributed by atoms with Crippen molar-refractivity contribution in [2.24, 2.45) is 5.92 Å². The Balaban J connectivity index is 2.86.